The second-order valence-electron chi connectivity index (χ2n) is 4.89. The third-order valence-corrected chi connectivity index (χ3v) is 3.36. The molecule has 0 atom stereocenters. The lowest BCUT2D eigenvalue weighted by molar-refractivity contribution is 0.0694. The minimum atomic E-state index is -1.20. The molecule has 2 rings (SSSR count). The van der Waals surface area contributed by atoms with Gasteiger partial charge in [0.2, 0.25) is 0 Å². The number of hydrogen-bond donors (Lipinski definition) is 3. The van der Waals surface area contributed by atoms with Crippen LogP contribution in [-0.4, -0.2) is 21.3 Å². The van der Waals surface area contributed by atoms with Crippen LogP contribution in [0.3, 0.4) is 0 Å². The number of aryl methyl sites for hydroxylation is 1. The number of carbonyl (C=O) groups is 1. The first-order valence-electron chi connectivity index (χ1n) is 6.78. The molecule has 0 amide bonds. The van der Waals surface area contributed by atoms with Gasteiger partial charge in [0.1, 0.15) is 17.1 Å². The van der Waals surface area contributed by atoms with E-state index in [4.69, 9.17) is 10.4 Å². The molecule has 0 fully saturated rings. The topological polar surface area (TPSA) is 102 Å². The van der Waals surface area contributed by atoms with Crippen LogP contribution in [0.5, 0.6) is 11.5 Å². The normalized spacial score (nSPS) is 10.1. The van der Waals surface area contributed by atoms with Crippen molar-refractivity contribution in [3.63, 3.8) is 0 Å². The number of aromatic carboxylic acids is 1. The van der Waals surface area contributed by atoms with Gasteiger partial charge in [0.05, 0.1) is 6.07 Å². The van der Waals surface area contributed by atoms with Crippen molar-refractivity contribution in [2.45, 2.75) is 19.3 Å². The van der Waals surface area contributed by atoms with E-state index < -0.39 is 5.97 Å². The van der Waals surface area contributed by atoms with Crippen molar-refractivity contribution in [1.82, 2.24) is 0 Å². The highest BCUT2D eigenvalue weighted by molar-refractivity contribution is 5.92. The molecule has 0 saturated carbocycles. The fourth-order valence-electron chi connectivity index (χ4n) is 2.30. The molecule has 112 valence electrons. The van der Waals surface area contributed by atoms with E-state index in [1.807, 2.05) is 0 Å². The molecule has 0 unspecified atom stereocenters. The van der Waals surface area contributed by atoms with E-state index in [1.54, 1.807) is 18.2 Å². The Bertz CT molecular complexity index is 747. The van der Waals surface area contributed by atoms with Gasteiger partial charge in [-0.15, -0.1) is 0 Å². The standard InChI is InChI=1S/C17H15NO4/c18-8-2-1-3-11-9-13(19)5-6-14(11)12-4-7-16(20)15(10-12)17(21)22/h4-7,9-10,19-20H,1-3H2,(H,21,22). The number of phenols is 2. The summed E-state index contributed by atoms with van der Waals surface area (Å²) in [6.45, 7) is 0. The molecule has 2 aromatic carbocycles. The molecule has 0 saturated heterocycles. The highest BCUT2D eigenvalue weighted by atomic mass is 16.4. The first-order chi connectivity index (χ1) is 10.5. The van der Waals surface area contributed by atoms with Crippen molar-refractivity contribution in [3.8, 4) is 28.7 Å². The molecule has 0 aliphatic rings. The zero-order valence-corrected chi connectivity index (χ0v) is 11.8. The van der Waals surface area contributed by atoms with Gasteiger partial charge in [-0.25, -0.2) is 4.79 Å². The van der Waals surface area contributed by atoms with E-state index in [2.05, 4.69) is 6.07 Å². The van der Waals surface area contributed by atoms with Gasteiger partial charge in [0, 0.05) is 6.42 Å². The number of aromatic hydroxyl groups is 2. The predicted octanol–water partition coefficient (Wildman–Crippen LogP) is 3.31. The van der Waals surface area contributed by atoms with Gasteiger partial charge in [-0.1, -0.05) is 12.1 Å². The number of rotatable bonds is 5. The van der Waals surface area contributed by atoms with Gasteiger partial charge in [0.25, 0.3) is 0 Å². The van der Waals surface area contributed by atoms with Gasteiger partial charge in [-0.3, -0.25) is 0 Å². The van der Waals surface area contributed by atoms with Crippen molar-refractivity contribution in [1.29, 1.82) is 5.26 Å². The van der Waals surface area contributed by atoms with Crippen LogP contribution in [0.4, 0.5) is 0 Å². The highest BCUT2D eigenvalue weighted by Crippen LogP contribution is 2.31. The summed E-state index contributed by atoms with van der Waals surface area (Å²) in [5.41, 5.74) is 2.08. The summed E-state index contributed by atoms with van der Waals surface area (Å²) >= 11 is 0. The van der Waals surface area contributed by atoms with Crippen molar-refractivity contribution in [2.24, 2.45) is 0 Å². The number of hydrogen-bond acceptors (Lipinski definition) is 4. The van der Waals surface area contributed by atoms with Gasteiger partial charge >= 0.3 is 5.97 Å². The first kappa shape index (κ1) is 15.4. The lowest BCUT2D eigenvalue weighted by Crippen LogP contribution is -1.98. The molecule has 0 aromatic heterocycles. The third kappa shape index (κ3) is 3.36. The van der Waals surface area contributed by atoms with Crippen LogP contribution in [0.25, 0.3) is 11.1 Å². The molecule has 0 spiro atoms. The number of nitriles is 1. The Morgan fingerprint density at radius 2 is 1.91 bits per heavy atom. The maximum absolute atomic E-state index is 11.1. The monoisotopic (exact) mass is 297 g/mol. The third-order valence-electron chi connectivity index (χ3n) is 3.36. The summed E-state index contributed by atoms with van der Waals surface area (Å²) in [4.78, 5) is 11.1. The molecule has 22 heavy (non-hydrogen) atoms. The molecule has 5 nitrogen and oxygen atoms in total. The molecule has 0 aliphatic carbocycles. The van der Waals surface area contributed by atoms with Gasteiger partial charge in [-0.2, -0.15) is 5.26 Å². The number of nitrogens with zero attached hydrogens (tertiary/aromatic N) is 1. The maximum atomic E-state index is 11.1. The number of unbranched alkanes of at least 4 members (excludes halogenated alkanes) is 1. The second-order valence-corrected chi connectivity index (χ2v) is 4.89. The molecule has 0 aliphatic heterocycles. The molecule has 2 aromatic rings. The molecule has 5 heteroatoms. The Morgan fingerprint density at radius 3 is 2.59 bits per heavy atom. The van der Waals surface area contributed by atoms with E-state index in [0.29, 0.717) is 24.8 Å². The maximum Gasteiger partial charge on any atom is 0.339 e. The summed E-state index contributed by atoms with van der Waals surface area (Å²) < 4.78 is 0. The van der Waals surface area contributed by atoms with Gasteiger partial charge in [0.15, 0.2) is 0 Å². The smallest absolute Gasteiger partial charge is 0.339 e. The van der Waals surface area contributed by atoms with E-state index in [1.165, 1.54) is 18.2 Å². The van der Waals surface area contributed by atoms with Gasteiger partial charge in [-0.05, 0) is 53.8 Å². The van der Waals surface area contributed by atoms with E-state index >= 15 is 0 Å². The van der Waals surface area contributed by atoms with Crippen LogP contribution >= 0.6 is 0 Å². The summed E-state index contributed by atoms with van der Waals surface area (Å²) in [5, 5.41) is 36.9. The highest BCUT2D eigenvalue weighted by Gasteiger charge is 2.13. The summed E-state index contributed by atoms with van der Waals surface area (Å²) in [6.07, 6.45) is 1.66. The fraction of sp³-hybridized carbons (Fsp3) is 0.176. The minimum Gasteiger partial charge on any atom is -0.508 e. The molecule has 0 radical (unpaired) electrons. The quantitative estimate of drug-likeness (QED) is 0.735. The lowest BCUT2D eigenvalue weighted by atomic mass is 9.94. The lowest BCUT2D eigenvalue weighted by Gasteiger charge is -2.11. The Hall–Kier alpha value is -3.00. The van der Waals surface area contributed by atoms with E-state index in [0.717, 1.165) is 11.1 Å². The number of benzene rings is 2. The Kier molecular flexibility index (Phi) is 4.64. The van der Waals surface area contributed by atoms with Crippen molar-refractivity contribution >= 4 is 5.97 Å². The average molecular weight is 297 g/mol. The molecule has 0 heterocycles. The summed E-state index contributed by atoms with van der Waals surface area (Å²) in [7, 11) is 0. The van der Waals surface area contributed by atoms with Crippen LogP contribution in [-0.2, 0) is 6.42 Å². The fourth-order valence-corrected chi connectivity index (χ4v) is 2.30. The van der Waals surface area contributed by atoms with E-state index in [-0.39, 0.29) is 17.1 Å². The largest absolute Gasteiger partial charge is 0.508 e. The molecular weight excluding hydrogens is 282 g/mol. The van der Waals surface area contributed by atoms with Crippen LogP contribution in [0.2, 0.25) is 0 Å². The Balaban J connectivity index is 2.46. The van der Waals surface area contributed by atoms with Crippen LogP contribution in [0.1, 0.15) is 28.8 Å². The Morgan fingerprint density at radius 1 is 1.14 bits per heavy atom. The zero-order valence-electron chi connectivity index (χ0n) is 11.8. The number of carboxylic acids is 1. The minimum absolute atomic E-state index is 0.118. The molecular formula is C17H15NO4. The van der Waals surface area contributed by atoms with Crippen molar-refractivity contribution in [3.05, 3.63) is 47.5 Å². The zero-order chi connectivity index (χ0) is 16.1. The summed E-state index contributed by atoms with van der Waals surface area (Å²) in [5.74, 6) is -1.38. The predicted molar refractivity (Wildman–Crippen MR) is 80.7 cm³/mol. The number of phenolic OH excluding ortho intramolecular Hbond substituents is 1. The van der Waals surface area contributed by atoms with Gasteiger partial charge < -0.3 is 15.3 Å². The Labute approximate surface area is 127 Å². The number of carboxylic acid groups (broad SMARTS) is 1. The SMILES string of the molecule is N#CCCCc1cc(O)ccc1-c1ccc(O)c(C(=O)O)c1. The first-order valence-corrected chi connectivity index (χ1v) is 6.78. The average Bonchev–Trinajstić information content (AvgIpc) is 2.48. The van der Waals surface area contributed by atoms with E-state index in [9.17, 15) is 15.0 Å². The molecule has 3 N–H and O–H groups in total. The molecule has 0 bridgehead atoms. The van der Waals surface area contributed by atoms with Crippen LogP contribution < -0.4 is 0 Å². The van der Waals surface area contributed by atoms with Crippen molar-refractivity contribution < 1.29 is 20.1 Å². The van der Waals surface area contributed by atoms with Crippen molar-refractivity contribution in [2.75, 3.05) is 0 Å². The van der Waals surface area contributed by atoms with Crippen LogP contribution in [0.15, 0.2) is 36.4 Å². The summed E-state index contributed by atoms with van der Waals surface area (Å²) in [6, 6.07) is 11.3. The van der Waals surface area contributed by atoms with Crippen LogP contribution in [0, 0.1) is 11.3 Å². The second kappa shape index (κ2) is 6.64.